The molecule has 1 amide bonds. The maximum absolute atomic E-state index is 13.1. The smallest absolute Gasteiger partial charge is 0.339 e. The number of halogens is 1. The zero-order valence-corrected chi connectivity index (χ0v) is 19.4. The molecule has 1 aromatic carbocycles. The Morgan fingerprint density at radius 2 is 1.91 bits per heavy atom. The monoisotopic (exact) mass is 498 g/mol. The summed E-state index contributed by atoms with van der Waals surface area (Å²) in [6, 6.07) is 11.2. The molecule has 0 aliphatic carbocycles. The molecule has 3 aromatic rings. The van der Waals surface area contributed by atoms with Crippen LogP contribution in [-0.2, 0) is 4.74 Å². The fraction of sp³-hybridized carbons (Fsp3) is 0.318. The molecule has 166 valence electrons. The van der Waals surface area contributed by atoms with Gasteiger partial charge in [0.1, 0.15) is 5.82 Å². The number of carbonyl (C=O) groups is 2. The third-order valence-corrected chi connectivity index (χ3v) is 5.79. The van der Waals surface area contributed by atoms with Crippen molar-refractivity contribution in [1.29, 1.82) is 0 Å². The van der Waals surface area contributed by atoms with Gasteiger partial charge in [-0.3, -0.25) is 4.79 Å². The van der Waals surface area contributed by atoms with E-state index in [-0.39, 0.29) is 11.9 Å². The highest BCUT2D eigenvalue weighted by molar-refractivity contribution is 9.10. The second-order valence-corrected chi connectivity index (χ2v) is 8.24. The Morgan fingerprint density at radius 1 is 1.12 bits per heavy atom. The van der Waals surface area contributed by atoms with E-state index >= 15 is 0 Å². The highest BCUT2D eigenvalue weighted by Gasteiger charge is 2.27. The zero-order valence-electron chi connectivity index (χ0n) is 17.9. The van der Waals surface area contributed by atoms with E-state index in [1.165, 1.54) is 6.20 Å². The number of esters is 1. The largest absolute Gasteiger partial charge is 0.462 e. The number of hydrogen-bond acceptors (Lipinski definition) is 7. The summed E-state index contributed by atoms with van der Waals surface area (Å²) in [5, 5.41) is 8.33. The van der Waals surface area contributed by atoms with Gasteiger partial charge in [0.25, 0.3) is 5.91 Å². The van der Waals surface area contributed by atoms with Crippen LogP contribution in [0.25, 0.3) is 5.69 Å². The molecule has 1 aliphatic heterocycles. The Morgan fingerprint density at radius 3 is 2.56 bits per heavy atom. The summed E-state index contributed by atoms with van der Waals surface area (Å²) in [4.78, 5) is 33.1. The maximum atomic E-state index is 13.1. The first-order valence-electron chi connectivity index (χ1n) is 10.3. The van der Waals surface area contributed by atoms with Crippen LogP contribution in [0.3, 0.4) is 0 Å². The Balaban J connectivity index is 1.40. The summed E-state index contributed by atoms with van der Waals surface area (Å²) in [5.74, 6) is 0.254. The first-order chi connectivity index (χ1) is 15.5. The molecule has 9 nitrogen and oxygen atoms in total. The van der Waals surface area contributed by atoms with E-state index in [9.17, 15) is 9.59 Å². The zero-order chi connectivity index (χ0) is 22.7. The van der Waals surface area contributed by atoms with Crippen LogP contribution >= 0.6 is 15.9 Å². The van der Waals surface area contributed by atoms with Gasteiger partial charge in [-0.25, -0.2) is 14.5 Å². The molecule has 32 heavy (non-hydrogen) atoms. The number of aromatic nitrogens is 4. The molecule has 0 spiro atoms. The third-order valence-electron chi connectivity index (χ3n) is 5.30. The summed E-state index contributed by atoms with van der Waals surface area (Å²) >= 11 is 3.46. The number of anilines is 1. The fourth-order valence-electron chi connectivity index (χ4n) is 3.58. The number of piperazine rings is 1. The molecule has 4 rings (SSSR count). The van der Waals surface area contributed by atoms with Gasteiger partial charge in [-0.05, 0) is 44.2 Å². The fourth-order valence-corrected chi connectivity index (χ4v) is 3.96. The van der Waals surface area contributed by atoms with Crippen molar-refractivity contribution in [2.75, 3.05) is 37.7 Å². The molecule has 10 heteroatoms. The first kappa shape index (κ1) is 21.9. The number of amides is 1. The molecular formula is C22H23BrN6O3. The number of pyridine rings is 1. The van der Waals surface area contributed by atoms with Crippen LogP contribution in [-0.4, -0.2) is 69.5 Å². The summed E-state index contributed by atoms with van der Waals surface area (Å²) in [5.41, 5.74) is 2.32. The van der Waals surface area contributed by atoms with Gasteiger partial charge in [0, 0.05) is 36.8 Å². The molecular weight excluding hydrogens is 476 g/mol. The van der Waals surface area contributed by atoms with Crippen molar-refractivity contribution in [3.8, 4) is 5.69 Å². The highest BCUT2D eigenvalue weighted by atomic mass is 79.9. The molecule has 0 bridgehead atoms. The standard InChI is InChI=1S/C22H23BrN6O3/c1-3-32-22(31)16-7-8-19(24-14-16)27-9-11-28(12-10-27)21(30)20-15(2)29(26-25-20)18-6-4-5-17(23)13-18/h4-8,13-14H,3,9-12H2,1-2H3. The van der Waals surface area contributed by atoms with Gasteiger partial charge in [-0.1, -0.05) is 27.2 Å². The number of benzene rings is 1. The average molecular weight is 499 g/mol. The van der Waals surface area contributed by atoms with E-state index < -0.39 is 0 Å². The Bertz CT molecular complexity index is 1120. The second-order valence-electron chi connectivity index (χ2n) is 7.32. The van der Waals surface area contributed by atoms with Crippen molar-refractivity contribution in [3.63, 3.8) is 0 Å². The van der Waals surface area contributed by atoms with Gasteiger partial charge in [0.2, 0.25) is 0 Å². The molecule has 0 saturated carbocycles. The average Bonchev–Trinajstić information content (AvgIpc) is 3.20. The molecule has 2 aromatic heterocycles. The van der Waals surface area contributed by atoms with Crippen LogP contribution in [0.1, 0.15) is 33.5 Å². The van der Waals surface area contributed by atoms with Gasteiger partial charge in [0.05, 0.1) is 23.6 Å². The van der Waals surface area contributed by atoms with E-state index in [4.69, 9.17) is 4.74 Å². The Kier molecular flexibility index (Phi) is 6.50. The first-order valence-corrected chi connectivity index (χ1v) is 11.1. The Hall–Kier alpha value is -3.27. The molecule has 0 atom stereocenters. The van der Waals surface area contributed by atoms with Crippen molar-refractivity contribution < 1.29 is 14.3 Å². The van der Waals surface area contributed by atoms with Gasteiger partial charge in [-0.2, -0.15) is 0 Å². The predicted octanol–water partition coefficient (Wildman–Crippen LogP) is 2.87. The second kappa shape index (κ2) is 9.47. The SMILES string of the molecule is CCOC(=O)c1ccc(N2CCN(C(=O)c3nnn(-c4cccc(Br)c4)c3C)CC2)nc1. The van der Waals surface area contributed by atoms with E-state index in [1.54, 1.807) is 28.6 Å². The third kappa shape index (κ3) is 4.50. The number of rotatable bonds is 5. The quantitative estimate of drug-likeness (QED) is 0.499. The predicted molar refractivity (Wildman–Crippen MR) is 122 cm³/mol. The molecule has 0 radical (unpaired) electrons. The molecule has 0 N–H and O–H groups in total. The summed E-state index contributed by atoms with van der Waals surface area (Å²) in [6.07, 6.45) is 1.52. The lowest BCUT2D eigenvalue weighted by Gasteiger charge is -2.35. The van der Waals surface area contributed by atoms with Gasteiger partial charge < -0.3 is 14.5 Å². The molecule has 1 saturated heterocycles. The van der Waals surface area contributed by atoms with E-state index in [0.717, 1.165) is 16.0 Å². The van der Waals surface area contributed by atoms with Crippen molar-refractivity contribution in [1.82, 2.24) is 24.9 Å². The van der Waals surface area contributed by atoms with Crippen molar-refractivity contribution in [2.45, 2.75) is 13.8 Å². The van der Waals surface area contributed by atoms with Crippen LogP contribution in [0, 0.1) is 6.92 Å². The number of carbonyl (C=O) groups excluding carboxylic acids is 2. The van der Waals surface area contributed by atoms with Crippen LogP contribution in [0.2, 0.25) is 0 Å². The van der Waals surface area contributed by atoms with Gasteiger partial charge in [0.15, 0.2) is 5.69 Å². The van der Waals surface area contributed by atoms with E-state index in [1.807, 2.05) is 31.2 Å². The van der Waals surface area contributed by atoms with Gasteiger partial charge >= 0.3 is 5.97 Å². The molecule has 1 aliphatic rings. The topological polar surface area (TPSA) is 93.5 Å². The molecule has 1 fully saturated rings. The van der Waals surface area contributed by atoms with Crippen LogP contribution in [0.5, 0.6) is 0 Å². The summed E-state index contributed by atoms with van der Waals surface area (Å²) in [7, 11) is 0. The van der Waals surface area contributed by atoms with Crippen molar-refractivity contribution in [2.24, 2.45) is 0 Å². The van der Waals surface area contributed by atoms with Crippen LogP contribution < -0.4 is 4.90 Å². The lowest BCUT2D eigenvalue weighted by atomic mass is 10.2. The summed E-state index contributed by atoms with van der Waals surface area (Å²) < 4.78 is 7.59. The van der Waals surface area contributed by atoms with E-state index in [0.29, 0.717) is 49.7 Å². The van der Waals surface area contributed by atoms with Crippen LogP contribution in [0.4, 0.5) is 5.82 Å². The van der Waals surface area contributed by atoms with Crippen LogP contribution in [0.15, 0.2) is 47.1 Å². The summed E-state index contributed by atoms with van der Waals surface area (Å²) in [6.45, 7) is 6.30. The number of hydrogen-bond donors (Lipinski definition) is 0. The van der Waals surface area contributed by atoms with Crippen molar-refractivity contribution in [3.05, 3.63) is 64.0 Å². The normalized spacial score (nSPS) is 13.8. The molecule has 0 unspecified atom stereocenters. The minimum Gasteiger partial charge on any atom is -0.462 e. The van der Waals surface area contributed by atoms with E-state index in [2.05, 4.69) is 36.1 Å². The highest BCUT2D eigenvalue weighted by Crippen LogP contribution is 2.19. The minimum absolute atomic E-state index is 0.131. The maximum Gasteiger partial charge on any atom is 0.339 e. The van der Waals surface area contributed by atoms with Gasteiger partial charge in [-0.15, -0.1) is 5.10 Å². The number of ether oxygens (including phenoxy) is 1. The van der Waals surface area contributed by atoms with Crippen molar-refractivity contribution >= 4 is 33.6 Å². The lowest BCUT2D eigenvalue weighted by Crippen LogP contribution is -2.49. The Labute approximate surface area is 194 Å². The lowest BCUT2D eigenvalue weighted by molar-refractivity contribution is 0.0525. The molecule has 3 heterocycles. The number of nitrogens with zero attached hydrogens (tertiary/aromatic N) is 6. The minimum atomic E-state index is -0.381.